The molecule has 1 unspecified atom stereocenters. The number of ether oxygens (including phenoxy) is 1. The van der Waals surface area contributed by atoms with Gasteiger partial charge in [0.25, 0.3) is 0 Å². The van der Waals surface area contributed by atoms with Crippen LogP contribution in [0.3, 0.4) is 0 Å². The topological polar surface area (TPSA) is 50.7 Å². The van der Waals surface area contributed by atoms with E-state index < -0.39 is 0 Å². The first-order valence-electron chi connectivity index (χ1n) is 5.76. The Morgan fingerprint density at radius 2 is 2.18 bits per heavy atom. The Hall–Kier alpha value is -1.84. The van der Waals surface area contributed by atoms with Gasteiger partial charge in [-0.1, -0.05) is 29.8 Å². The van der Waals surface area contributed by atoms with Gasteiger partial charge in [0.1, 0.15) is 5.71 Å². The molecule has 0 spiro atoms. The summed E-state index contributed by atoms with van der Waals surface area (Å²) in [6.07, 6.45) is 0.585. The van der Waals surface area contributed by atoms with Crippen molar-refractivity contribution in [3.63, 3.8) is 0 Å². The molecule has 4 heteroatoms. The Labute approximate surface area is 101 Å². The van der Waals surface area contributed by atoms with Gasteiger partial charge < -0.3 is 10.2 Å². The average molecular weight is 232 g/mol. The minimum Gasteiger partial charge on any atom is -0.461 e. The number of esters is 1. The maximum Gasteiger partial charge on any atom is 0.354 e. The smallest absolute Gasteiger partial charge is 0.354 e. The summed E-state index contributed by atoms with van der Waals surface area (Å²) in [7, 11) is 0. The van der Waals surface area contributed by atoms with Crippen LogP contribution in [0.4, 0.5) is 0 Å². The average Bonchev–Trinajstić information content (AvgIpc) is 2.80. The van der Waals surface area contributed by atoms with Crippen molar-refractivity contribution in [3.05, 3.63) is 35.4 Å². The molecular weight excluding hydrogens is 216 g/mol. The van der Waals surface area contributed by atoms with Crippen molar-refractivity contribution in [3.8, 4) is 0 Å². The third kappa shape index (κ3) is 2.64. The number of nitrogens with zero attached hydrogens (tertiary/aromatic N) is 1. The summed E-state index contributed by atoms with van der Waals surface area (Å²) < 4.78 is 4.92. The first-order valence-corrected chi connectivity index (χ1v) is 5.76. The Balaban J connectivity index is 2.00. The van der Waals surface area contributed by atoms with Crippen molar-refractivity contribution < 1.29 is 9.53 Å². The summed E-state index contributed by atoms with van der Waals surface area (Å²) in [5.41, 5.74) is 5.80. The summed E-state index contributed by atoms with van der Waals surface area (Å²) in [5, 5.41) is 4.03. The quantitative estimate of drug-likeness (QED) is 0.810. The minimum atomic E-state index is -0.324. The number of carbonyl (C=O) groups excluding carboxylic acids is 1. The van der Waals surface area contributed by atoms with Crippen LogP contribution in [0.2, 0.25) is 0 Å². The minimum absolute atomic E-state index is 0.0787. The zero-order valence-electron chi connectivity index (χ0n) is 10.1. The summed E-state index contributed by atoms with van der Waals surface area (Å²) in [6, 6.07) is 8.29. The van der Waals surface area contributed by atoms with Crippen molar-refractivity contribution in [2.75, 3.05) is 6.61 Å². The lowest BCUT2D eigenvalue weighted by Crippen LogP contribution is -2.16. The number of aryl methyl sites for hydroxylation is 1. The molecule has 1 N–H and O–H groups in total. The van der Waals surface area contributed by atoms with Crippen LogP contribution < -0.4 is 5.43 Å². The highest BCUT2D eigenvalue weighted by atomic mass is 16.5. The first kappa shape index (κ1) is 11.6. The lowest BCUT2D eigenvalue weighted by atomic mass is 10.0. The molecule has 0 fully saturated rings. The van der Waals surface area contributed by atoms with Crippen LogP contribution in [0.25, 0.3) is 0 Å². The molecule has 17 heavy (non-hydrogen) atoms. The molecule has 1 aromatic carbocycles. The van der Waals surface area contributed by atoms with Crippen molar-refractivity contribution in [1.82, 2.24) is 5.43 Å². The monoisotopic (exact) mass is 232 g/mol. The van der Waals surface area contributed by atoms with E-state index in [0.29, 0.717) is 18.7 Å². The van der Waals surface area contributed by atoms with E-state index in [9.17, 15) is 4.79 Å². The zero-order chi connectivity index (χ0) is 12.3. The molecule has 0 bridgehead atoms. The van der Waals surface area contributed by atoms with Crippen LogP contribution in [-0.2, 0) is 9.53 Å². The van der Waals surface area contributed by atoms with Gasteiger partial charge >= 0.3 is 5.97 Å². The number of carbonyl (C=O) groups is 1. The molecule has 1 aliphatic heterocycles. The lowest BCUT2D eigenvalue weighted by molar-refractivity contribution is -0.135. The van der Waals surface area contributed by atoms with E-state index in [4.69, 9.17) is 4.74 Å². The largest absolute Gasteiger partial charge is 0.461 e. The standard InChI is InChI=1S/C13H16N2O2/c1-3-17-13(16)12-8-11(14-15-12)10-6-4-9(2)5-7-10/h4-7,11,14H,3,8H2,1-2H3. The SMILES string of the molecule is CCOC(=O)C1=NNC(c2ccc(C)cc2)C1. The second-order valence-corrected chi connectivity index (χ2v) is 4.08. The zero-order valence-corrected chi connectivity index (χ0v) is 10.1. The summed E-state index contributed by atoms with van der Waals surface area (Å²) >= 11 is 0. The highest BCUT2D eigenvalue weighted by Gasteiger charge is 2.25. The molecule has 1 aliphatic rings. The van der Waals surface area contributed by atoms with Crippen LogP contribution in [0.5, 0.6) is 0 Å². The van der Waals surface area contributed by atoms with Gasteiger partial charge in [-0.2, -0.15) is 5.10 Å². The van der Waals surface area contributed by atoms with E-state index in [1.807, 2.05) is 6.92 Å². The van der Waals surface area contributed by atoms with E-state index in [0.717, 1.165) is 5.56 Å². The van der Waals surface area contributed by atoms with E-state index >= 15 is 0 Å². The molecular formula is C13H16N2O2. The fourth-order valence-corrected chi connectivity index (χ4v) is 1.77. The molecule has 0 aromatic heterocycles. The fraction of sp³-hybridized carbons (Fsp3) is 0.385. The number of benzene rings is 1. The maximum atomic E-state index is 11.5. The van der Waals surface area contributed by atoms with Crippen LogP contribution in [0.1, 0.15) is 30.5 Å². The Kier molecular flexibility index (Phi) is 3.42. The van der Waals surface area contributed by atoms with Crippen molar-refractivity contribution in [1.29, 1.82) is 0 Å². The molecule has 0 saturated heterocycles. The van der Waals surface area contributed by atoms with Gasteiger partial charge in [0, 0.05) is 6.42 Å². The highest BCUT2D eigenvalue weighted by molar-refractivity contribution is 6.36. The number of hydrogen-bond donors (Lipinski definition) is 1. The highest BCUT2D eigenvalue weighted by Crippen LogP contribution is 2.22. The van der Waals surface area contributed by atoms with Gasteiger partial charge in [0.2, 0.25) is 0 Å². The molecule has 90 valence electrons. The third-order valence-electron chi connectivity index (χ3n) is 2.74. The molecule has 4 nitrogen and oxygen atoms in total. The molecule has 0 saturated carbocycles. The molecule has 1 heterocycles. The normalized spacial score (nSPS) is 18.5. The number of hydrogen-bond acceptors (Lipinski definition) is 4. The van der Waals surface area contributed by atoms with Crippen molar-refractivity contribution in [2.45, 2.75) is 26.3 Å². The number of rotatable bonds is 3. The van der Waals surface area contributed by atoms with Gasteiger partial charge in [-0.15, -0.1) is 0 Å². The van der Waals surface area contributed by atoms with E-state index in [1.54, 1.807) is 6.92 Å². The van der Waals surface area contributed by atoms with Gasteiger partial charge in [0.15, 0.2) is 0 Å². The lowest BCUT2D eigenvalue weighted by Gasteiger charge is -2.09. The van der Waals surface area contributed by atoms with Gasteiger partial charge in [-0.3, -0.25) is 0 Å². The van der Waals surface area contributed by atoms with E-state index in [1.165, 1.54) is 5.56 Å². The predicted molar refractivity (Wildman–Crippen MR) is 65.7 cm³/mol. The molecule has 1 aromatic rings. The Morgan fingerprint density at radius 3 is 2.82 bits per heavy atom. The third-order valence-corrected chi connectivity index (χ3v) is 2.74. The first-order chi connectivity index (χ1) is 8.20. The van der Waals surface area contributed by atoms with Crippen LogP contribution in [0, 0.1) is 6.92 Å². The number of nitrogens with one attached hydrogen (secondary N) is 1. The van der Waals surface area contributed by atoms with Gasteiger partial charge in [-0.05, 0) is 19.4 Å². The van der Waals surface area contributed by atoms with Crippen LogP contribution in [0.15, 0.2) is 29.4 Å². The maximum absolute atomic E-state index is 11.5. The number of hydrazone groups is 1. The van der Waals surface area contributed by atoms with Crippen LogP contribution >= 0.6 is 0 Å². The summed E-state index contributed by atoms with van der Waals surface area (Å²) in [4.78, 5) is 11.5. The molecule has 0 aliphatic carbocycles. The van der Waals surface area contributed by atoms with Crippen molar-refractivity contribution >= 4 is 11.7 Å². The van der Waals surface area contributed by atoms with E-state index in [-0.39, 0.29) is 12.0 Å². The van der Waals surface area contributed by atoms with Gasteiger partial charge in [0.05, 0.1) is 12.6 Å². The predicted octanol–water partition coefficient (Wildman–Crippen LogP) is 1.95. The Bertz CT molecular complexity index is 437. The molecule has 0 radical (unpaired) electrons. The van der Waals surface area contributed by atoms with Crippen molar-refractivity contribution in [2.24, 2.45) is 5.10 Å². The van der Waals surface area contributed by atoms with Gasteiger partial charge in [-0.25, -0.2) is 4.79 Å². The van der Waals surface area contributed by atoms with E-state index in [2.05, 4.69) is 34.8 Å². The molecule has 2 rings (SSSR count). The second kappa shape index (κ2) is 4.99. The Morgan fingerprint density at radius 1 is 1.47 bits per heavy atom. The summed E-state index contributed by atoms with van der Waals surface area (Å²) in [5.74, 6) is -0.324. The summed E-state index contributed by atoms with van der Waals surface area (Å²) in [6.45, 7) is 4.22. The second-order valence-electron chi connectivity index (χ2n) is 4.08. The molecule has 1 atom stereocenters. The fourth-order valence-electron chi connectivity index (χ4n) is 1.77. The van der Waals surface area contributed by atoms with Crippen LogP contribution in [-0.4, -0.2) is 18.3 Å². The molecule has 0 amide bonds.